The fourth-order valence-corrected chi connectivity index (χ4v) is 1.48. The second-order valence-electron chi connectivity index (χ2n) is 3.96. The van der Waals surface area contributed by atoms with Crippen molar-refractivity contribution in [2.45, 2.75) is 12.5 Å². The van der Waals surface area contributed by atoms with Crippen molar-refractivity contribution in [3.05, 3.63) is 23.8 Å². The minimum Gasteiger partial charge on any atom is -0.508 e. The summed E-state index contributed by atoms with van der Waals surface area (Å²) in [7, 11) is 1.56. The number of carbonyl (C=O) groups excluding carboxylic acids is 1. The lowest BCUT2D eigenvalue weighted by molar-refractivity contribution is 0.0947. The number of phenolic OH excluding ortho intramolecular Hbond substituents is 2. The van der Waals surface area contributed by atoms with Crippen molar-refractivity contribution in [2.24, 2.45) is 5.73 Å². The first-order valence-electron chi connectivity index (χ1n) is 5.59. The van der Waals surface area contributed by atoms with Gasteiger partial charge in [0.05, 0.1) is 12.2 Å². The standard InChI is InChI=1S/C12H18N2O4/c1-18-7-8(13)4-5-14-12(17)10-3-2-9(15)6-11(10)16/h2-3,6,8,15-16H,4-5,7,13H2,1H3,(H,14,17). The zero-order chi connectivity index (χ0) is 13.5. The van der Waals surface area contributed by atoms with E-state index in [0.717, 1.165) is 6.07 Å². The largest absolute Gasteiger partial charge is 0.508 e. The number of phenols is 2. The SMILES string of the molecule is COCC(N)CCNC(=O)c1ccc(O)cc1O. The topological polar surface area (TPSA) is 105 Å². The maximum atomic E-state index is 11.7. The van der Waals surface area contributed by atoms with Crippen LogP contribution in [0, 0.1) is 0 Å². The lowest BCUT2D eigenvalue weighted by Gasteiger charge is -2.11. The fraction of sp³-hybridized carbons (Fsp3) is 0.417. The summed E-state index contributed by atoms with van der Waals surface area (Å²) in [6.07, 6.45) is 0.582. The van der Waals surface area contributed by atoms with Gasteiger partial charge in [-0.3, -0.25) is 4.79 Å². The van der Waals surface area contributed by atoms with Gasteiger partial charge in [0, 0.05) is 25.8 Å². The molecular weight excluding hydrogens is 236 g/mol. The molecule has 1 atom stereocenters. The van der Waals surface area contributed by atoms with Crippen LogP contribution in [0.3, 0.4) is 0 Å². The minimum absolute atomic E-state index is 0.0915. The molecule has 1 unspecified atom stereocenters. The quantitative estimate of drug-likeness (QED) is 0.580. The van der Waals surface area contributed by atoms with Crippen LogP contribution in [-0.2, 0) is 4.74 Å². The van der Waals surface area contributed by atoms with Crippen LogP contribution in [-0.4, -0.2) is 42.4 Å². The number of carbonyl (C=O) groups is 1. The highest BCUT2D eigenvalue weighted by Gasteiger charge is 2.11. The van der Waals surface area contributed by atoms with Crippen LogP contribution in [0.15, 0.2) is 18.2 Å². The van der Waals surface area contributed by atoms with E-state index in [0.29, 0.717) is 19.6 Å². The van der Waals surface area contributed by atoms with Crippen molar-refractivity contribution in [1.29, 1.82) is 0 Å². The van der Waals surface area contributed by atoms with E-state index in [4.69, 9.17) is 15.6 Å². The number of rotatable bonds is 6. The molecule has 0 saturated heterocycles. The molecular formula is C12H18N2O4. The van der Waals surface area contributed by atoms with Gasteiger partial charge in [0.2, 0.25) is 0 Å². The molecule has 0 saturated carbocycles. The summed E-state index contributed by atoms with van der Waals surface area (Å²) < 4.78 is 4.87. The number of hydrogen-bond donors (Lipinski definition) is 4. The molecule has 1 aromatic carbocycles. The van der Waals surface area contributed by atoms with Gasteiger partial charge in [0.25, 0.3) is 5.91 Å². The lowest BCUT2D eigenvalue weighted by Crippen LogP contribution is -2.32. The molecule has 1 amide bonds. The third kappa shape index (κ3) is 4.23. The van der Waals surface area contributed by atoms with E-state index >= 15 is 0 Å². The first kappa shape index (κ1) is 14.3. The third-order valence-electron chi connectivity index (χ3n) is 2.41. The highest BCUT2D eigenvalue weighted by molar-refractivity contribution is 5.96. The Balaban J connectivity index is 2.45. The van der Waals surface area contributed by atoms with Gasteiger partial charge in [-0.05, 0) is 18.6 Å². The van der Waals surface area contributed by atoms with Crippen molar-refractivity contribution >= 4 is 5.91 Å². The molecule has 1 aromatic rings. The Bertz CT molecular complexity index is 409. The second kappa shape index (κ2) is 6.83. The summed E-state index contributed by atoms with van der Waals surface area (Å²) in [5.41, 5.74) is 5.82. The van der Waals surface area contributed by atoms with E-state index in [-0.39, 0.29) is 23.1 Å². The van der Waals surface area contributed by atoms with Crippen molar-refractivity contribution in [2.75, 3.05) is 20.3 Å². The first-order valence-corrected chi connectivity index (χ1v) is 5.59. The predicted molar refractivity (Wildman–Crippen MR) is 66.6 cm³/mol. The predicted octanol–water partition coefficient (Wildman–Crippen LogP) is 0.191. The summed E-state index contributed by atoms with van der Waals surface area (Å²) in [5.74, 6) is -0.753. The molecule has 6 nitrogen and oxygen atoms in total. The molecule has 100 valence electrons. The number of nitrogens with two attached hydrogens (primary N) is 1. The number of nitrogens with one attached hydrogen (secondary N) is 1. The Morgan fingerprint density at radius 2 is 2.22 bits per heavy atom. The van der Waals surface area contributed by atoms with Gasteiger partial charge in [0.15, 0.2) is 0 Å². The molecule has 0 spiro atoms. The van der Waals surface area contributed by atoms with Gasteiger partial charge in [-0.15, -0.1) is 0 Å². The first-order chi connectivity index (χ1) is 8.54. The van der Waals surface area contributed by atoms with Gasteiger partial charge < -0.3 is 26.0 Å². The zero-order valence-electron chi connectivity index (χ0n) is 10.2. The van der Waals surface area contributed by atoms with Crippen LogP contribution in [0.5, 0.6) is 11.5 Å². The van der Waals surface area contributed by atoms with Crippen LogP contribution in [0.2, 0.25) is 0 Å². The molecule has 0 aromatic heterocycles. The van der Waals surface area contributed by atoms with Gasteiger partial charge in [-0.2, -0.15) is 0 Å². The molecule has 0 aliphatic carbocycles. The molecule has 0 aliphatic rings. The maximum Gasteiger partial charge on any atom is 0.255 e. The number of amides is 1. The van der Waals surface area contributed by atoms with E-state index in [1.165, 1.54) is 12.1 Å². The summed E-state index contributed by atoms with van der Waals surface area (Å²) >= 11 is 0. The van der Waals surface area contributed by atoms with E-state index < -0.39 is 5.91 Å². The minimum atomic E-state index is -0.405. The summed E-state index contributed by atoms with van der Waals surface area (Å²) in [6, 6.07) is 3.68. The van der Waals surface area contributed by atoms with Gasteiger partial charge in [0.1, 0.15) is 11.5 Å². The Morgan fingerprint density at radius 3 is 2.83 bits per heavy atom. The van der Waals surface area contributed by atoms with Crippen LogP contribution < -0.4 is 11.1 Å². The number of aromatic hydroxyl groups is 2. The van der Waals surface area contributed by atoms with Crippen LogP contribution >= 0.6 is 0 Å². The number of methoxy groups -OCH3 is 1. The summed E-state index contributed by atoms with van der Waals surface area (Å²) in [6.45, 7) is 0.823. The molecule has 6 heteroatoms. The Morgan fingerprint density at radius 1 is 1.50 bits per heavy atom. The second-order valence-corrected chi connectivity index (χ2v) is 3.96. The lowest BCUT2D eigenvalue weighted by atomic mass is 10.1. The van der Waals surface area contributed by atoms with E-state index in [9.17, 15) is 9.90 Å². The number of benzene rings is 1. The fourth-order valence-electron chi connectivity index (χ4n) is 1.48. The Labute approximate surface area is 105 Å². The summed E-state index contributed by atoms with van der Waals surface area (Å²) in [4.78, 5) is 11.7. The maximum absolute atomic E-state index is 11.7. The van der Waals surface area contributed by atoms with E-state index in [2.05, 4.69) is 5.32 Å². The molecule has 0 fully saturated rings. The normalized spacial score (nSPS) is 12.1. The highest BCUT2D eigenvalue weighted by Crippen LogP contribution is 2.22. The van der Waals surface area contributed by atoms with Crippen LogP contribution in [0.4, 0.5) is 0 Å². The van der Waals surface area contributed by atoms with Gasteiger partial charge >= 0.3 is 0 Å². The Hall–Kier alpha value is -1.79. The van der Waals surface area contributed by atoms with Crippen molar-refractivity contribution in [3.8, 4) is 11.5 Å². The average Bonchev–Trinajstić information content (AvgIpc) is 2.29. The third-order valence-corrected chi connectivity index (χ3v) is 2.41. The zero-order valence-corrected chi connectivity index (χ0v) is 10.2. The molecule has 0 bridgehead atoms. The molecule has 1 rings (SSSR count). The van der Waals surface area contributed by atoms with Crippen LogP contribution in [0.25, 0.3) is 0 Å². The molecule has 0 aliphatic heterocycles. The van der Waals surface area contributed by atoms with Gasteiger partial charge in [-0.25, -0.2) is 0 Å². The van der Waals surface area contributed by atoms with E-state index in [1.54, 1.807) is 7.11 Å². The molecule has 0 radical (unpaired) electrons. The molecule has 18 heavy (non-hydrogen) atoms. The average molecular weight is 254 g/mol. The highest BCUT2D eigenvalue weighted by atomic mass is 16.5. The number of ether oxygens (including phenoxy) is 1. The van der Waals surface area contributed by atoms with Crippen LogP contribution in [0.1, 0.15) is 16.8 Å². The molecule has 0 heterocycles. The number of hydrogen-bond acceptors (Lipinski definition) is 5. The smallest absolute Gasteiger partial charge is 0.255 e. The van der Waals surface area contributed by atoms with Gasteiger partial charge in [-0.1, -0.05) is 0 Å². The van der Waals surface area contributed by atoms with Crippen molar-refractivity contribution in [3.63, 3.8) is 0 Å². The Kier molecular flexibility index (Phi) is 5.41. The summed E-state index contributed by atoms with van der Waals surface area (Å²) in [5, 5.41) is 21.2. The van der Waals surface area contributed by atoms with Crippen molar-refractivity contribution in [1.82, 2.24) is 5.32 Å². The molecule has 5 N–H and O–H groups in total. The van der Waals surface area contributed by atoms with Crippen molar-refractivity contribution < 1.29 is 19.7 Å². The van der Waals surface area contributed by atoms with E-state index in [1.807, 2.05) is 0 Å². The monoisotopic (exact) mass is 254 g/mol.